The second kappa shape index (κ2) is 5.62. The van der Waals surface area contributed by atoms with Gasteiger partial charge in [-0.2, -0.15) is 0 Å². The van der Waals surface area contributed by atoms with Crippen molar-refractivity contribution in [2.45, 2.75) is 8.67 Å². The number of aromatic hydroxyl groups is 1. The zero-order valence-corrected chi connectivity index (χ0v) is 14.7. The van der Waals surface area contributed by atoms with E-state index >= 15 is 0 Å². The highest BCUT2D eigenvalue weighted by atomic mass is 35.5. The van der Waals surface area contributed by atoms with Gasteiger partial charge in [-0.3, -0.25) is 0 Å². The number of alkyl halides is 4. The third-order valence-corrected chi connectivity index (χ3v) is 6.32. The van der Waals surface area contributed by atoms with Crippen molar-refractivity contribution in [2.75, 3.05) is 0 Å². The van der Waals surface area contributed by atoms with Crippen LogP contribution in [0.15, 0.2) is 39.4 Å². The summed E-state index contributed by atoms with van der Waals surface area (Å²) in [5.74, 6) is 0.0682. The summed E-state index contributed by atoms with van der Waals surface area (Å²) in [6.07, 6.45) is 0. The monoisotopic (exact) mass is 410 g/mol. The highest BCUT2D eigenvalue weighted by molar-refractivity contribution is 6.70. The molecule has 0 fully saturated rings. The largest absolute Gasteiger partial charge is 0.508 e. The molecular weight excluding hydrogens is 408 g/mol. The van der Waals surface area contributed by atoms with Gasteiger partial charge >= 0.3 is 0 Å². The zero-order chi connectivity index (χ0) is 15.3. The molecule has 1 aliphatic rings. The summed E-state index contributed by atoms with van der Waals surface area (Å²) in [5.41, 5.74) is 0.715. The lowest BCUT2D eigenvalue weighted by Crippen LogP contribution is -2.31. The van der Waals surface area contributed by atoms with Gasteiger partial charge in [0.2, 0.25) is 0 Å². The van der Waals surface area contributed by atoms with Gasteiger partial charge in [-0.15, -0.1) is 0 Å². The van der Waals surface area contributed by atoms with E-state index in [1.54, 1.807) is 12.1 Å². The molecule has 0 radical (unpaired) electrons. The third kappa shape index (κ3) is 2.63. The van der Waals surface area contributed by atoms with Crippen molar-refractivity contribution in [3.05, 3.63) is 44.9 Å². The molecule has 8 heteroatoms. The minimum Gasteiger partial charge on any atom is -0.508 e. The van der Waals surface area contributed by atoms with E-state index in [0.29, 0.717) is 5.56 Å². The van der Waals surface area contributed by atoms with Crippen LogP contribution in [-0.2, 0) is 0 Å². The summed E-state index contributed by atoms with van der Waals surface area (Å²) in [7, 11) is 0. The average Bonchev–Trinajstić information content (AvgIpc) is 2.37. The Bertz CT molecular complexity index is 613. The van der Waals surface area contributed by atoms with Crippen molar-refractivity contribution in [3.63, 3.8) is 0 Å². The Labute approximate surface area is 150 Å². The summed E-state index contributed by atoms with van der Waals surface area (Å²) < 4.78 is -3.43. The normalized spacial score (nSPS) is 21.4. The van der Waals surface area contributed by atoms with Gasteiger partial charge in [0, 0.05) is 5.57 Å². The first-order chi connectivity index (χ1) is 9.10. The zero-order valence-electron chi connectivity index (χ0n) is 9.40. The van der Waals surface area contributed by atoms with Crippen molar-refractivity contribution >= 4 is 86.8 Å². The lowest BCUT2D eigenvalue weighted by Gasteiger charge is -2.35. The van der Waals surface area contributed by atoms with Gasteiger partial charge in [-0.1, -0.05) is 93.3 Å². The third-order valence-electron chi connectivity index (χ3n) is 2.71. The van der Waals surface area contributed by atoms with Gasteiger partial charge < -0.3 is 5.11 Å². The Hall–Kier alpha value is 0.530. The van der Waals surface area contributed by atoms with Gasteiger partial charge in [-0.25, -0.2) is 0 Å². The van der Waals surface area contributed by atoms with E-state index in [-0.39, 0.29) is 26.4 Å². The van der Waals surface area contributed by atoms with Crippen LogP contribution in [0.4, 0.5) is 0 Å². The summed E-state index contributed by atoms with van der Waals surface area (Å²) >= 11 is 42.9. The number of phenols is 1. The molecule has 108 valence electrons. The molecule has 1 N–H and O–H groups in total. The molecule has 20 heavy (non-hydrogen) atoms. The van der Waals surface area contributed by atoms with Crippen LogP contribution < -0.4 is 0 Å². The second-order valence-corrected chi connectivity index (χ2v) is 7.80. The number of benzene rings is 1. The topological polar surface area (TPSA) is 20.2 Å². The molecule has 0 saturated carbocycles. The van der Waals surface area contributed by atoms with Gasteiger partial charge in [0.1, 0.15) is 5.75 Å². The predicted molar refractivity (Wildman–Crippen MR) is 88.5 cm³/mol. The van der Waals surface area contributed by atoms with Crippen molar-refractivity contribution in [1.29, 1.82) is 0 Å². The summed E-state index contributed by atoms with van der Waals surface area (Å²) in [6.45, 7) is 0. The molecule has 1 nitrogen and oxygen atoms in total. The maximum atomic E-state index is 9.32. The molecule has 0 unspecified atom stereocenters. The Kier molecular flexibility index (Phi) is 4.75. The molecule has 0 aromatic heterocycles. The quantitative estimate of drug-likeness (QED) is 0.529. The predicted octanol–water partition coefficient (Wildman–Crippen LogP) is 6.39. The fourth-order valence-corrected chi connectivity index (χ4v) is 3.84. The summed E-state index contributed by atoms with van der Waals surface area (Å²) in [6, 6.07) is 5.99. The summed E-state index contributed by atoms with van der Waals surface area (Å²) in [5, 5.41) is 9.00. The lowest BCUT2D eigenvalue weighted by atomic mass is 9.96. The molecule has 0 aliphatic heterocycles. The number of rotatable bonds is 1. The molecule has 0 atom stereocenters. The van der Waals surface area contributed by atoms with E-state index in [2.05, 4.69) is 0 Å². The van der Waals surface area contributed by atoms with Gasteiger partial charge in [0.15, 0.2) is 8.67 Å². The highest BCUT2D eigenvalue weighted by Gasteiger charge is 2.50. The van der Waals surface area contributed by atoms with Crippen LogP contribution in [0.5, 0.6) is 5.75 Å². The molecule has 0 heterocycles. The maximum absolute atomic E-state index is 9.32. The van der Waals surface area contributed by atoms with E-state index in [4.69, 9.17) is 81.2 Å². The highest BCUT2D eigenvalue weighted by Crippen LogP contribution is 2.59. The van der Waals surface area contributed by atoms with Crippen LogP contribution in [-0.4, -0.2) is 13.8 Å². The van der Waals surface area contributed by atoms with Gasteiger partial charge in [0.05, 0.1) is 15.1 Å². The van der Waals surface area contributed by atoms with Crippen LogP contribution in [0.3, 0.4) is 0 Å². The number of phenolic OH excluding ortho intramolecular Hbond substituents is 1. The van der Waals surface area contributed by atoms with Crippen LogP contribution in [0.2, 0.25) is 0 Å². The number of hydrogen-bond donors (Lipinski definition) is 1. The van der Waals surface area contributed by atoms with Crippen molar-refractivity contribution in [1.82, 2.24) is 0 Å². The first-order valence-corrected chi connectivity index (χ1v) is 7.76. The molecule has 1 aliphatic carbocycles. The fraction of sp³-hybridized carbons (Fsp3) is 0.167. The van der Waals surface area contributed by atoms with Crippen LogP contribution >= 0.6 is 81.2 Å². The average molecular weight is 413 g/mol. The van der Waals surface area contributed by atoms with Crippen molar-refractivity contribution < 1.29 is 5.11 Å². The molecule has 0 bridgehead atoms. The SMILES string of the molecule is Oc1ccc(C2=C(Cl)C(Cl)(Cl)C(Cl)=C(Cl)C2(Cl)Cl)cc1. The summed E-state index contributed by atoms with van der Waals surface area (Å²) in [4.78, 5) is 0. The molecule has 0 saturated heterocycles. The Balaban J connectivity index is 2.72. The van der Waals surface area contributed by atoms with Crippen molar-refractivity contribution in [2.24, 2.45) is 0 Å². The van der Waals surface area contributed by atoms with E-state index < -0.39 is 8.67 Å². The molecule has 1 aromatic rings. The number of allylic oxidation sites excluding steroid dienone is 4. The minimum absolute atomic E-state index is 0.0501. The minimum atomic E-state index is -1.74. The smallest absolute Gasteiger partial charge is 0.190 e. The molecular formula is C12H5Cl7O. The molecule has 0 amide bonds. The number of hydrogen-bond acceptors (Lipinski definition) is 1. The molecule has 0 spiro atoms. The standard InChI is InChI=1S/C12H5Cl7O/c13-8-7(5-1-3-6(20)4-2-5)11(16,17)9(14)10(15)12(8,18)19/h1-4,20H. The Morgan fingerprint density at radius 2 is 1.15 bits per heavy atom. The van der Waals surface area contributed by atoms with E-state index in [0.717, 1.165) is 0 Å². The van der Waals surface area contributed by atoms with E-state index in [9.17, 15) is 5.11 Å². The Morgan fingerprint density at radius 1 is 0.700 bits per heavy atom. The molecule has 1 aromatic carbocycles. The van der Waals surface area contributed by atoms with Crippen LogP contribution in [0.1, 0.15) is 5.56 Å². The number of halogens is 7. The fourth-order valence-electron chi connectivity index (χ4n) is 1.71. The van der Waals surface area contributed by atoms with Gasteiger partial charge in [0.25, 0.3) is 0 Å². The molecule has 2 rings (SSSR count). The first kappa shape index (κ1) is 16.9. The van der Waals surface area contributed by atoms with Crippen LogP contribution in [0.25, 0.3) is 5.57 Å². The van der Waals surface area contributed by atoms with Crippen LogP contribution in [0, 0.1) is 0 Å². The second-order valence-electron chi connectivity index (χ2n) is 4.01. The van der Waals surface area contributed by atoms with Crippen molar-refractivity contribution in [3.8, 4) is 5.75 Å². The lowest BCUT2D eigenvalue weighted by molar-refractivity contribution is 0.475. The van der Waals surface area contributed by atoms with E-state index in [1.807, 2.05) is 0 Å². The first-order valence-electron chi connectivity index (χ1n) is 5.12. The van der Waals surface area contributed by atoms with Gasteiger partial charge in [-0.05, 0) is 17.7 Å². The van der Waals surface area contributed by atoms with E-state index in [1.165, 1.54) is 12.1 Å². The Morgan fingerprint density at radius 3 is 1.65 bits per heavy atom. The maximum Gasteiger partial charge on any atom is 0.190 e.